The van der Waals surface area contributed by atoms with E-state index in [0.29, 0.717) is 6.54 Å². The molecule has 1 aromatic rings. The van der Waals surface area contributed by atoms with Gasteiger partial charge < -0.3 is 15.4 Å². The molecule has 2 rings (SSSR count). The second kappa shape index (κ2) is 6.27. The van der Waals surface area contributed by atoms with E-state index in [4.69, 9.17) is 4.74 Å². The Labute approximate surface area is 120 Å². The van der Waals surface area contributed by atoms with Crippen LogP contribution in [-0.4, -0.2) is 25.1 Å². The van der Waals surface area contributed by atoms with Crippen molar-refractivity contribution in [3.05, 3.63) is 29.3 Å². The molecule has 4 nitrogen and oxygen atoms in total. The molecule has 110 valence electrons. The second-order valence-electron chi connectivity index (χ2n) is 5.44. The van der Waals surface area contributed by atoms with Crippen LogP contribution in [-0.2, 0) is 11.3 Å². The molecule has 2 N–H and O–H groups in total. The molecule has 0 aromatic heterocycles. The van der Waals surface area contributed by atoms with Gasteiger partial charge >= 0.3 is 0 Å². The van der Waals surface area contributed by atoms with Gasteiger partial charge in [-0.3, -0.25) is 4.79 Å². The summed E-state index contributed by atoms with van der Waals surface area (Å²) in [5.41, 5.74) is 1.90. The van der Waals surface area contributed by atoms with Crippen LogP contribution in [0.2, 0.25) is 0 Å². The van der Waals surface area contributed by atoms with Gasteiger partial charge in [-0.05, 0) is 56.0 Å². The molecule has 1 aliphatic rings. The molecule has 1 aliphatic heterocycles. The first-order chi connectivity index (χ1) is 9.61. The number of nitrogens with one attached hydrogen (secondary N) is 2. The Bertz CT molecular complexity index is 479. The first kappa shape index (κ1) is 14.9. The summed E-state index contributed by atoms with van der Waals surface area (Å²) in [6, 6.07) is 5.93. The van der Waals surface area contributed by atoms with Gasteiger partial charge in [0.05, 0.1) is 12.6 Å². The van der Waals surface area contributed by atoms with Crippen molar-refractivity contribution in [2.75, 3.05) is 13.7 Å². The van der Waals surface area contributed by atoms with E-state index in [1.165, 1.54) is 0 Å². The van der Waals surface area contributed by atoms with Gasteiger partial charge in [0.1, 0.15) is 5.75 Å². The molecule has 0 bridgehead atoms. The average Bonchev–Trinajstić information content (AvgIpc) is 2.95. The number of hydrogen-bond donors (Lipinski definition) is 2. The summed E-state index contributed by atoms with van der Waals surface area (Å²) < 4.78 is 5.19. The molecule has 0 saturated carbocycles. The maximum absolute atomic E-state index is 12.4. The maximum Gasteiger partial charge on any atom is 0.240 e. The zero-order valence-corrected chi connectivity index (χ0v) is 12.6. The van der Waals surface area contributed by atoms with E-state index in [2.05, 4.69) is 17.6 Å². The molecule has 1 saturated heterocycles. The van der Waals surface area contributed by atoms with Gasteiger partial charge in [-0.2, -0.15) is 0 Å². The Morgan fingerprint density at radius 3 is 2.85 bits per heavy atom. The molecule has 1 fully saturated rings. The Morgan fingerprint density at radius 2 is 2.30 bits per heavy atom. The maximum atomic E-state index is 12.4. The number of carbonyl (C=O) groups excluding carboxylic acids is 1. The van der Waals surface area contributed by atoms with E-state index in [1.807, 2.05) is 25.1 Å². The van der Waals surface area contributed by atoms with Gasteiger partial charge in [0.2, 0.25) is 5.91 Å². The SMILES string of the molecule is CC[C@@]1(C(=O)NCc2ccc(OC)cc2C)CCCN1. The van der Waals surface area contributed by atoms with E-state index in [1.54, 1.807) is 7.11 Å². The fourth-order valence-electron chi connectivity index (χ4n) is 2.80. The summed E-state index contributed by atoms with van der Waals surface area (Å²) in [6.07, 6.45) is 2.83. The number of hydrogen-bond acceptors (Lipinski definition) is 3. The Hall–Kier alpha value is -1.55. The third kappa shape index (κ3) is 2.96. The first-order valence-corrected chi connectivity index (χ1v) is 7.28. The van der Waals surface area contributed by atoms with Crippen molar-refractivity contribution in [2.24, 2.45) is 0 Å². The van der Waals surface area contributed by atoms with E-state index in [0.717, 1.165) is 42.7 Å². The van der Waals surface area contributed by atoms with Gasteiger partial charge in [0.15, 0.2) is 0 Å². The third-order valence-electron chi connectivity index (χ3n) is 4.27. The molecule has 20 heavy (non-hydrogen) atoms. The number of aryl methyl sites for hydroxylation is 1. The highest BCUT2D eigenvalue weighted by molar-refractivity contribution is 5.86. The molecule has 0 unspecified atom stereocenters. The van der Waals surface area contributed by atoms with Gasteiger partial charge in [-0.25, -0.2) is 0 Å². The van der Waals surface area contributed by atoms with E-state index >= 15 is 0 Å². The number of benzene rings is 1. The lowest BCUT2D eigenvalue weighted by Crippen LogP contribution is -2.52. The normalized spacial score (nSPS) is 21.8. The van der Waals surface area contributed by atoms with Crippen molar-refractivity contribution in [3.63, 3.8) is 0 Å². The van der Waals surface area contributed by atoms with Gasteiger partial charge in [0.25, 0.3) is 0 Å². The number of ether oxygens (including phenoxy) is 1. The van der Waals surface area contributed by atoms with Crippen LogP contribution in [0, 0.1) is 6.92 Å². The van der Waals surface area contributed by atoms with Crippen molar-refractivity contribution in [1.82, 2.24) is 10.6 Å². The predicted molar refractivity (Wildman–Crippen MR) is 79.8 cm³/mol. The van der Waals surface area contributed by atoms with Crippen molar-refractivity contribution in [2.45, 2.75) is 45.2 Å². The zero-order valence-electron chi connectivity index (χ0n) is 12.6. The van der Waals surface area contributed by atoms with E-state index < -0.39 is 0 Å². The van der Waals surface area contributed by atoms with Crippen LogP contribution in [0.4, 0.5) is 0 Å². The topological polar surface area (TPSA) is 50.4 Å². The quantitative estimate of drug-likeness (QED) is 0.866. The lowest BCUT2D eigenvalue weighted by Gasteiger charge is -2.26. The molecule has 1 atom stereocenters. The summed E-state index contributed by atoms with van der Waals surface area (Å²) in [5, 5.41) is 6.43. The molecule has 0 spiro atoms. The smallest absolute Gasteiger partial charge is 0.240 e. The Kier molecular flexibility index (Phi) is 4.65. The zero-order chi connectivity index (χ0) is 14.6. The molecular weight excluding hydrogens is 252 g/mol. The van der Waals surface area contributed by atoms with Crippen LogP contribution in [0.1, 0.15) is 37.3 Å². The van der Waals surface area contributed by atoms with Crippen molar-refractivity contribution in [1.29, 1.82) is 0 Å². The molecule has 1 aromatic carbocycles. The van der Waals surface area contributed by atoms with E-state index in [-0.39, 0.29) is 11.4 Å². The predicted octanol–water partition coefficient (Wildman–Crippen LogP) is 2.15. The highest BCUT2D eigenvalue weighted by Gasteiger charge is 2.38. The monoisotopic (exact) mass is 276 g/mol. The summed E-state index contributed by atoms with van der Waals surface area (Å²) in [7, 11) is 1.66. The van der Waals surface area contributed by atoms with Crippen LogP contribution < -0.4 is 15.4 Å². The summed E-state index contributed by atoms with van der Waals surface area (Å²) in [4.78, 5) is 12.4. The van der Waals surface area contributed by atoms with Crippen molar-refractivity contribution >= 4 is 5.91 Å². The fourth-order valence-corrected chi connectivity index (χ4v) is 2.80. The largest absolute Gasteiger partial charge is 0.497 e. The molecule has 4 heteroatoms. The Morgan fingerprint density at radius 1 is 1.50 bits per heavy atom. The van der Waals surface area contributed by atoms with Crippen molar-refractivity contribution in [3.8, 4) is 5.75 Å². The number of methoxy groups -OCH3 is 1. The highest BCUT2D eigenvalue weighted by atomic mass is 16.5. The van der Waals surface area contributed by atoms with Crippen LogP contribution in [0.25, 0.3) is 0 Å². The number of carbonyl (C=O) groups is 1. The van der Waals surface area contributed by atoms with Crippen LogP contribution >= 0.6 is 0 Å². The lowest BCUT2D eigenvalue weighted by atomic mass is 9.93. The minimum absolute atomic E-state index is 0.118. The fraction of sp³-hybridized carbons (Fsp3) is 0.562. The van der Waals surface area contributed by atoms with Crippen molar-refractivity contribution < 1.29 is 9.53 Å². The minimum atomic E-state index is -0.361. The summed E-state index contributed by atoms with van der Waals surface area (Å²) in [6.45, 7) is 5.60. The van der Waals surface area contributed by atoms with Gasteiger partial charge in [-0.15, -0.1) is 0 Å². The third-order valence-corrected chi connectivity index (χ3v) is 4.27. The van der Waals surface area contributed by atoms with Crippen LogP contribution in [0.15, 0.2) is 18.2 Å². The molecule has 1 amide bonds. The van der Waals surface area contributed by atoms with Gasteiger partial charge in [-0.1, -0.05) is 13.0 Å². The van der Waals surface area contributed by atoms with Crippen LogP contribution in [0.5, 0.6) is 5.75 Å². The van der Waals surface area contributed by atoms with Gasteiger partial charge in [0, 0.05) is 6.54 Å². The van der Waals surface area contributed by atoms with Crippen LogP contribution in [0.3, 0.4) is 0 Å². The molecule has 0 radical (unpaired) electrons. The van der Waals surface area contributed by atoms with E-state index in [9.17, 15) is 4.79 Å². The number of amides is 1. The standard InChI is InChI=1S/C16H24N2O2/c1-4-16(8-5-9-18-16)15(19)17-11-13-6-7-14(20-3)10-12(13)2/h6-7,10,18H,4-5,8-9,11H2,1-3H3,(H,17,19)/t16-/m0/s1. The minimum Gasteiger partial charge on any atom is -0.497 e. The molecule has 0 aliphatic carbocycles. The first-order valence-electron chi connectivity index (χ1n) is 7.28. The summed E-state index contributed by atoms with van der Waals surface area (Å²) >= 11 is 0. The Balaban J connectivity index is 1.99. The number of rotatable bonds is 5. The molecular formula is C16H24N2O2. The average molecular weight is 276 g/mol. The highest BCUT2D eigenvalue weighted by Crippen LogP contribution is 2.23. The summed E-state index contributed by atoms with van der Waals surface area (Å²) in [5.74, 6) is 0.966. The molecule has 1 heterocycles. The lowest BCUT2D eigenvalue weighted by molar-refractivity contribution is -0.127. The second-order valence-corrected chi connectivity index (χ2v) is 5.44.